The maximum absolute atomic E-state index is 12.8. The number of hydrogen-bond donors (Lipinski definition) is 1. The van der Waals surface area contributed by atoms with Crippen molar-refractivity contribution in [1.29, 1.82) is 0 Å². The Hall–Kier alpha value is -3.54. The van der Waals surface area contributed by atoms with Crippen LogP contribution in [0.5, 0.6) is 5.75 Å². The molecule has 154 valence electrons. The van der Waals surface area contributed by atoms with Gasteiger partial charge in [-0.05, 0) is 36.6 Å². The molecule has 2 amide bonds. The summed E-state index contributed by atoms with van der Waals surface area (Å²) in [6, 6.07) is 20.4. The zero-order valence-electron chi connectivity index (χ0n) is 16.6. The van der Waals surface area contributed by atoms with Crippen LogP contribution < -0.4 is 10.1 Å². The average Bonchev–Trinajstić information content (AvgIpc) is 3.49. The van der Waals surface area contributed by atoms with Crippen LogP contribution in [0.25, 0.3) is 0 Å². The van der Waals surface area contributed by atoms with Gasteiger partial charge < -0.3 is 19.4 Å². The molecule has 1 N–H and O–H groups in total. The molecular weight excluding hydrogens is 380 g/mol. The highest BCUT2D eigenvalue weighted by atomic mass is 16.5. The van der Waals surface area contributed by atoms with Gasteiger partial charge in [-0.15, -0.1) is 0 Å². The van der Waals surface area contributed by atoms with Crippen molar-refractivity contribution in [2.24, 2.45) is 0 Å². The molecule has 4 rings (SSSR count). The van der Waals surface area contributed by atoms with Crippen molar-refractivity contribution in [1.82, 2.24) is 10.2 Å². The number of ether oxygens (including phenoxy) is 1. The largest absolute Gasteiger partial charge is 0.489 e. The highest BCUT2D eigenvalue weighted by Gasteiger charge is 2.35. The van der Waals surface area contributed by atoms with Crippen molar-refractivity contribution in [3.05, 3.63) is 89.9 Å². The zero-order valence-corrected chi connectivity index (χ0v) is 16.6. The molecule has 0 radical (unpaired) electrons. The van der Waals surface area contributed by atoms with Crippen LogP contribution in [-0.2, 0) is 17.9 Å². The minimum atomic E-state index is -0.486. The van der Waals surface area contributed by atoms with Crippen molar-refractivity contribution >= 4 is 11.8 Å². The van der Waals surface area contributed by atoms with E-state index in [9.17, 15) is 9.59 Å². The maximum Gasteiger partial charge on any atom is 0.290 e. The fourth-order valence-corrected chi connectivity index (χ4v) is 3.65. The molecule has 2 heterocycles. The Labute approximate surface area is 175 Å². The topological polar surface area (TPSA) is 71.8 Å². The highest BCUT2D eigenvalue weighted by molar-refractivity contribution is 5.96. The number of nitrogens with zero attached hydrogens (tertiary/aromatic N) is 1. The molecule has 6 heteroatoms. The number of rotatable bonds is 7. The van der Waals surface area contributed by atoms with Crippen LogP contribution >= 0.6 is 0 Å². The number of likely N-dealkylation sites (tertiary alicyclic amines) is 1. The second-order valence-corrected chi connectivity index (χ2v) is 7.23. The number of benzene rings is 2. The summed E-state index contributed by atoms with van der Waals surface area (Å²) in [6.07, 6.45) is 2.90. The molecule has 1 atom stereocenters. The summed E-state index contributed by atoms with van der Waals surface area (Å²) in [4.78, 5) is 27.0. The minimum Gasteiger partial charge on any atom is -0.489 e. The van der Waals surface area contributed by atoms with Crippen molar-refractivity contribution in [2.45, 2.75) is 32.0 Å². The maximum atomic E-state index is 12.8. The molecule has 0 saturated carbocycles. The molecule has 0 spiro atoms. The van der Waals surface area contributed by atoms with Crippen LogP contribution in [0.1, 0.15) is 34.5 Å². The predicted molar refractivity (Wildman–Crippen MR) is 112 cm³/mol. The second-order valence-electron chi connectivity index (χ2n) is 7.23. The van der Waals surface area contributed by atoms with Crippen molar-refractivity contribution in [3.8, 4) is 5.75 Å². The summed E-state index contributed by atoms with van der Waals surface area (Å²) < 4.78 is 11.2. The molecule has 30 heavy (non-hydrogen) atoms. The van der Waals surface area contributed by atoms with Gasteiger partial charge in [0.2, 0.25) is 5.91 Å². The first-order valence-electron chi connectivity index (χ1n) is 10.1. The Kier molecular flexibility index (Phi) is 6.13. The number of amides is 2. The van der Waals surface area contributed by atoms with Gasteiger partial charge in [0, 0.05) is 18.7 Å². The molecule has 1 saturated heterocycles. The number of furan rings is 1. The normalized spacial score (nSPS) is 15.7. The van der Waals surface area contributed by atoms with E-state index in [2.05, 4.69) is 5.32 Å². The number of carbonyl (C=O) groups excluding carboxylic acids is 2. The summed E-state index contributed by atoms with van der Waals surface area (Å²) in [7, 11) is 0. The first-order valence-corrected chi connectivity index (χ1v) is 10.1. The standard InChI is InChI=1S/C24H24N2O4/c27-23(20-11-6-14-26(20)24(28)22-13-7-15-29-22)25-16-19-10-4-5-12-21(19)30-17-18-8-2-1-3-9-18/h1-5,7-10,12-13,15,20H,6,11,14,16-17H2,(H,25,27). The Morgan fingerprint density at radius 3 is 2.63 bits per heavy atom. The lowest BCUT2D eigenvalue weighted by atomic mass is 10.1. The van der Waals surface area contributed by atoms with Gasteiger partial charge in [0.1, 0.15) is 18.4 Å². The zero-order chi connectivity index (χ0) is 20.8. The van der Waals surface area contributed by atoms with Gasteiger partial charge in [0.05, 0.1) is 6.26 Å². The molecule has 1 aromatic heterocycles. The van der Waals surface area contributed by atoms with E-state index in [4.69, 9.17) is 9.15 Å². The van der Waals surface area contributed by atoms with Crippen LogP contribution in [0, 0.1) is 0 Å². The first kappa shape index (κ1) is 19.8. The third-order valence-electron chi connectivity index (χ3n) is 5.21. The Bertz CT molecular complexity index is 985. The smallest absolute Gasteiger partial charge is 0.290 e. The number of hydrogen-bond acceptors (Lipinski definition) is 4. The first-order chi connectivity index (χ1) is 14.7. The Morgan fingerprint density at radius 2 is 1.83 bits per heavy atom. The number of para-hydroxylation sites is 1. The Morgan fingerprint density at radius 1 is 1.03 bits per heavy atom. The van der Waals surface area contributed by atoms with E-state index >= 15 is 0 Å². The van der Waals surface area contributed by atoms with Gasteiger partial charge in [-0.25, -0.2) is 0 Å². The molecule has 2 aromatic carbocycles. The third-order valence-corrected chi connectivity index (χ3v) is 5.21. The molecule has 0 bridgehead atoms. The van der Waals surface area contributed by atoms with E-state index in [1.54, 1.807) is 17.0 Å². The van der Waals surface area contributed by atoms with E-state index in [1.165, 1.54) is 6.26 Å². The van der Waals surface area contributed by atoms with E-state index in [0.29, 0.717) is 26.1 Å². The van der Waals surface area contributed by atoms with Gasteiger partial charge in [-0.1, -0.05) is 48.5 Å². The summed E-state index contributed by atoms with van der Waals surface area (Å²) in [5, 5.41) is 2.97. The van der Waals surface area contributed by atoms with Crippen LogP contribution in [0.15, 0.2) is 77.4 Å². The second kappa shape index (κ2) is 9.31. The summed E-state index contributed by atoms with van der Waals surface area (Å²) in [6.45, 7) is 1.34. The van der Waals surface area contributed by atoms with Crippen LogP contribution in [0.4, 0.5) is 0 Å². The molecule has 1 fully saturated rings. The van der Waals surface area contributed by atoms with Crippen LogP contribution in [-0.4, -0.2) is 29.3 Å². The molecule has 1 aliphatic rings. The van der Waals surface area contributed by atoms with Crippen LogP contribution in [0.3, 0.4) is 0 Å². The fraction of sp³-hybridized carbons (Fsp3) is 0.250. The van der Waals surface area contributed by atoms with Gasteiger partial charge in [-0.3, -0.25) is 9.59 Å². The molecule has 0 aliphatic carbocycles. The van der Waals surface area contributed by atoms with Gasteiger partial charge in [0.25, 0.3) is 5.91 Å². The SMILES string of the molecule is O=C(NCc1ccccc1OCc1ccccc1)C1CCCN1C(=O)c1ccco1. The Balaban J connectivity index is 1.37. The number of carbonyl (C=O) groups is 2. The average molecular weight is 404 g/mol. The minimum absolute atomic E-state index is 0.162. The molecule has 3 aromatic rings. The van der Waals surface area contributed by atoms with E-state index in [-0.39, 0.29) is 17.6 Å². The van der Waals surface area contributed by atoms with E-state index in [1.807, 2.05) is 54.6 Å². The summed E-state index contributed by atoms with van der Waals surface area (Å²) in [5.74, 6) is 0.584. The summed E-state index contributed by atoms with van der Waals surface area (Å²) in [5.41, 5.74) is 1.97. The van der Waals surface area contributed by atoms with E-state index in [0.717, 1.165) is 23.3 Å². The van der Waals surface area contributed by atoms with Gasteiger partial charge in [-0.2, -0.15) is 0 Å². The molecule has 1 unspecified atom stereocenters. The van der Waals surface area contributed by atoms with Crippen molar-refractivity contribution in [2.75, 3.05) is 6.54 Å². The number of nitrogens with one attached hydrogen (secondary N) is 1. The van der Waals surface area contributed by atoms with Gasteiger partial charge in [0.15, 0.2) is 5.76 Å². The third kappa shape index (κ3) is 4.54. The molecule has 1 aliphatic heterocycles. The van der Waals surface area contributed by atoms with E-state index < -0.39 is 6.04 Å². The fourth-order valence-electron chi connectivity index (χ4n) is 3.65. The van der Waals surface area contributed by atoms with Crippen molar-refractivity contribution < 1.29 is 18.7 Å². The predicted octanol–water partition coefficient (Wildman–Crippen LogP) is 3.78. The van der Waals surface area contributed by atoms with Gasteiger partial charge >= 0.3 is 0 Å². The quantitative estimate of drug-likeness (QED) is 0.651. The lowest BCUT2D eigenvalue weighted by molar-refractivity contribution is -0.125. The highest BCUT2D eigenvalue weighted by Crippen LogP contribution is 2.22. The lowest BCUT2D eigenvalue weighted by Crippen LogP contribution is -2.45. The monoisotopic (exact) mass is 404 g/mol. The summed E-state index contributed by atoms with van der Waals surface area (Å²) >= 11 is 0. The molecular formula is C24H24N2O4. The lowest BCUT2D eigenvalue weighted by Gasteiger charge is -2.23. The molecule has 6 nitrogen and oxygen atoms in total. The van der Waals surface area contributed by atoms with Crippen LogP contribution in [0.2, 0.25) is 0 Å². The van der Waals surface area contributed by atoms with Crippen molar-refractivity contribution in [3.63, 3.8) is 0 Å².